The first-order valence-corrected chi connectivity index (χ1v) is 8.62. The zero-order valence-corrected chi connectivity index (χ0v) is 16.0. The average Bonchev–Trinajstić information content (AvgIpc) is 3.17. The summed E-state index contributed by atoms with van der Waals surface area (Å²) in [4.78, 5) is 47.6. The van der Waals surface area contributed by atoms with Gasteiger partial charge in [0.05, 0.1) is 19.6 Å². The minimum absolute atomic E-state index is 0.0545. The number of methoxy groups -OCH3 is 1. The molecule has 1 N–H and O–H groups in total. The van der Waals surface area contributed by atoms with Crippen LogP contribution in [0.4, 0.5) is 0 Å². The van der Waals surface area contributed by atoms with Gasteiger partial charge in [-0.25, -0.2) is 0 Å². The van der Waals surface area contributed by atoms with Gasteiger partial charge in [0.2, 0.25) is 11.8 Å². The molecule has 1 aromatic rings. The van der Waals surface area contributed by atoms with Crippen molar-refractivity contribution in [2.75, 3.05) is 20.8 Å². The SMILES string of the molecule is CC.CNC1CC(=O)N(CN2C(=O)C=CC2=O)C1=O.COc1ccccc1. The number of ether oxygens (including phenoxy) is 1. The van der Waals surface area contributed by atoms with Crippen molar-refractivity contribution >= 4 is 23.6 Å². The van der Waals surface area contributed by atoms with Gasteiger partial charge in [0.1, 0.15) is 12.4 Å². The summed E-state index contributed by atoms with van der Waals surface area (Å²) in [6, 6.07) is 9.11. The van der Waals surface area contributed by atoms with Crippen LogP contribution in [0.2, 0.25) is 0 Å². The first-order valence-electron chi connectivity index (χ1n) is 8.62. The molecule has 0 bridgehead atoms. The number of hydrogen-bond acceptors (Lipinski definition) is 6. The number of nitrogens with zero attached hydrogens (tertiary/aromatic N) is 2. The number of rotatable bonds is 4. The molecule has 0 aromatic heterocycles. The van der Waals surface area contributed by atoms with Crippen LogP contribution in [0, 0.1) is 0 Å². The number of carbonyl (C=O) groups is 4. The third-order valence-corrected chi connectivity index (χ3v) is 3.75. The smallest absolute Gasteiger partial charge is 0.255 e. The number of amides is 4. The van der Waals surface area contributed by atoms with Gasteiger partial charge in [-0.2, -0.15) is 0 Å². The number of benzene rings is 1. The average molecular weight is 375 g/mol. The Hall–Kier alpha value is -3.00. The Morgan fingerprint density at radius 1 is 1.00 bits per heavy atom. The predicted molar refractivity (Wildman–Crippen MR) is 99.5 cm³/mol. The number of nitrogens with one attached hydrogen (secondary N) is 1. The first kappa shape index (κ1) is 22.0. The van der Waals surface area contributed by atoms with E-state index in [4.69, 9.17) is 4.74 Å². The molecule has 8 heteroatoms. The third kappa shape index (κ3) is 5.75. The van der Waals surface area contributed by atoms with E-state index in [1.807, 2.05) is 44.2 Å². The second-order valence-corrected chi connectivity index (χ2v) is 5.30. The number of carbonyl (C=O) groups excluding carboxylic acids is 4. The van der Waals surface area contributed by atoms with Gasteiger partial charge in [0.25, 0.3) is 11.8 Å². The number of hydrogen-bond donors (Lipinski definition) is 1. The molecular formula is C19H25N3O5. The second-order valence-electron chi connectivity index (χ2n) is 5.30. The van der Waals surface area contributed by atoms with Crippen LogP contribution in [0.15, 0.2) is 42.5 Å². The van der Waals surface area contributed by atoms with E-state index in [-0.39, 0.29) is 19.0 Å². The summed E-state index contributed by atoms with van der Waals surface area (Å²) in [6.07, 6.45) is 2.28. The molecular weight excluding hydrogens is 350 g/mol. The molecule has 0 spiro atoms. The molecule has 27 heavy (non-hydrogen) atoms. The van der Waals surface area contributed by atoms with E-state index < -0.39 is 23.8 Å². The highest BCUT2D eigenvalue weighted by molar-refractivity contribution is 6.13. The minimum atomic E-state index is -0.566. The largest absolute Gasteiger partial charge is 0.497 e. The fourth-order valence-electron chi connectivity index (χ4n) is 2.33. The Labute approximate surface area is 158 Å². The molecule has 2 aliphatic rings. The summed E-state index contributed by atoms with van der Waals surface area (Å²) in [6.45, 7) is 3.69. The van der Waals surface area contributed by atoms with Crippen molar-refractivity contribution in [1.29, 1.82) is 0 Å². The minimum Gasteiger partial charge on any atom is -0.497 e. The third-order valence-electron chi connectivity index (χ3n) is 3.75. The summed E-state index contributed by atoms with van der Waals surface area (Å²) >= 11 is 0. The molecule has 1 atom stereocenters. The molecule has 0 aliphatic carbocycles. The normalized spacial score (nSPS) is 18.1. The Bertz CT molecular complexity index is 685. The molecule has 1 aromatic carbocycles. The molecule has 1 saturated heterocycles. The van der Waals surface area contributed by atoms with Gasteiger partial charge in [0.15, 0.2) is 0 Å². The van der Waals surface area contributed by atoms with Crippen LogP contribution in [0.1, 0.15) is 20.3 Å². The van der Waals surface area contributed by atoms with Gasteiger partial charge >= 0.3 is 0 Å². The number of para-hydroxylation sites is 1. The molecule has 1 fully saturated rings. The van der Waals surface area contributed by atoms with E-state index in [0.717, 1.165) is 27.7 Å². The second kappa shape index (κ2) is 10.9. The maximum atomic E-state index is 11.7. The van der Waals surface area contributed by atoms with Crippen molar-refractivity contribution in [1.82, 2.24) is 15.1 Å². The maximum absolute atomic E-state index is 11.7. The fraction of sp³-hybridized carbons (Fsp3) is 0.368. The molecule has 2 heterocycles. The molecule has 4 amide bonds. The summed E-state index contributed by atoms with van der Waals surface area (Å²) in [5, 5.41) is 2.71. The van der Waals surface area contributed by atoms with Gasteiger partial charge in [-0.1, -0.05) is 32.0 Å². The van der Waals surface area contributed by atoms with Gasteiger partial charge in [-0.05, 0) is 19.2 Å². The van der Waals surface area contributed by atoms with Crippen LogP contribution in [0.5, 0.6) is 5.75 Å². The monoisotopic (exact) mass is 375 g/mol. The zero-order chi connectivity index (χ0) is 20.4. The summed E-state index contributed by atoms with van der Waals surface area (Å²) in [5.41, 5.74) is 0. The van der Waals surface area contributed by atoms with Crippen LogP contribution in [-0.2, 0) is 19.2 Å². The predicted octanol–water partition coefficient (Wildman–Crippen LogP) is 0.937. The van der Waals surface area contributed by atoms with Gasteiger partial charge in [-0.3, -0.25) is 29.0 Å². The van der Waals surface area contributed by atoms with Crippen LogP contribution < -0.4 is 10.1 Å². The van der Waals surface area contributed by atoms with E-state index in [2.05, 4.69) is 5.32 Å². The summed E-state index contributed by atoms with van der Waals surface area (Å²) < 4.78 is 4.91. The summed E-state index contributed by atoms with van der Waals surface area (Å²) in [7, 11) is 3.24. The Morgan fingerprint density at radius 3 is 1.96 bits per heavy atom. The molecule has 1 unspecified atom stereocenters. The van der Waals surface area contributed by atoms with E-state index >= 15 is 0 Å². The topological polar surface area (TPSA) is 96.0 Å². The number of likely N-dealkylation sites (tertiary alicyclic amines) is 1. The lowest BCUT2D eigenvalue weighted by Crippen LogP contribution is -2.45. The Morgan fingerprint density at radius 2 is 1.56 bits per heavy atom. The Balaban J connectivity index is 0.000000305. The lowest BCUT2D eigenvalue weighted by molar-refractivity contribution is -0.146. The highest BCUT2D eigenvalue weighted by Gasteiger charge is 2.40. The molecule has 8 nitrogen and oxygen atoms in total. The molecule has 0 radical (unpaired) electrons. The van der Waals surface area contributed by atoms with Crippen molar-refractivity contribution in [3.05, 3.63) is 42.5 Å². The quantitative estimate of drug-likeness (QED) is 0.787. The van der Waals surface area contributed by atoms with E-state index in [0.29, 0.717) is 0 Å². The van der Waals surface area contributed by atoms with Crippen molar-refractivity contribution in [2.24, 2.45) is 0 Å². The van der Waals surface area contributed by atoms with Gasteiger partial charge < -0.3 is 10.1 Å². The van der Waals surface area contributed by atoms with Crippen LogP contribution in [-0.4, -0.2) is 60.3 Å². The van der Waals surface area contributed by atoms with Crippen LogP contribution in [0.3, 0.4) is 0 Å². The Kier molecular flexibility index (Phi) is 8.87. The van der Waals surface area contributed by atoms with Gasteiger partial charge in [0, 0.05) is 12.2 Å². The maximum Gasteiger partial charge on any atom is 0.255 e. The van der Waals surface area contributed by atoms with Gasteiger partial charge in [-0.15, -0.1) is 0 Å². The lowest BCUT2D eigenvalue weighted by atomic mass is 10.2. The number of imide groups is 2. The first-order chi connectivity index (χ1) is 13.0. The van der Waals surface area contributed by atoms with E-state index in [1.54, 1.807) is 14.2 Å². The van der Waals surface area contributed by atoms with Crippen molar-refractivity contribution < 1.29 is 23.9 Å². The van der Waals surface area contributed by atoms with E-state index in [9.17, 15) is 19.2 Å². The molecule has 0 saturated carbocycles. The standard InChI is InChI=1S/C10H11N3O4.C7H8O.C2H6/c1-11-6-4-9(16)13(10(6)17)5-12-7(14)2-3-8(12)15;1-8-7-5-3-2-4-6-7;1-2/h2-3,6,11H,4-5H2,1H3;2-6H,1H3;1-2H3. The lowest BCUT2D eigenvalue weighted by Gasteiger charge is -2.21. The van der Waals surface area contributed by atoms with Crippen LogP contribution >= 0.6 is 0 Å². The van der Waals surface area contributed by atoms with Crippen molar-refractivity contribution in [3.8, 4) is 5.75 Å². The highest BCUT2D eigenvalue weighted by atomic mass is 16.5. The highest BCUT2D eigenvalue weighted by Crippen LogP contribution is 2.15. The molecule has 146 valence electrons. The molecule has 2 aliphatic heterocycles. The van der Waals surface area contributed by atoms with Crippen molar-refractivity contribution in [3.63, 3.8) is 0 Å². The fourth-order valence-corrected chi connectivity index (χ4v) is 2.33. The molecule has 3 rings (SSSR count). The number of likely N-dealkylation sites (N-methyl/N-ethyl adjacent to an activating group) is 1. The zero-order valence-electron chi connectivity index (χ0n) is 16.0. The van der Waals surface area contributed by atoms with Crippen molar-refractivity contribution in [2.45, 2.75) is 26.3 Å². The van der Waals surface area contributed by atoms with Crippen LogP contribution in [0.25, 0.3) is 0 Å². The summed E-state index contributed by atoms with van der Waals surface area (Å²) in [5.74, 6) is -0.911. The van der Waals surface area contributed by atoms with E-state index in [1.165, 1.54) is 0 Å².